The summed E-state index contributed by atoms with van der Waals surface area (Å²) in [6, 6.07) is 0.765. The van der Waals surface area contributed by atoms with Crippen LogP contribution >= 0.6 is 0 Å². The second-order valence-corrected chi connectivity index (χ2v) is 4.18. The van der Waals surface area contributed by atoms with Crippen LogP contribution in [0.2, 0.25) is 0 Å². The molecule has 1 unspecified atom stereocenters. The van der Waals surface area contributed by atoms with Crippen LogP contribution in [0, 0.1) is 0 Å². The average Bonchev–Trinajstić information content (AvgIpc) is 2.76. The van der Waals surface area contributed by atoms with Crippen LogP contribution in [0.25, 0.3) is 0 Å². The molecule has 2 fully saturated rings. The van der Waals surface area contributed by atoms with Crippen molar-refractivity contribution in [1.29, 1.82) is 0 Å². The summed E-state index contributed by atoms with van der Waals surface area (Å²) < 4.78 is 0. The molecule has 1 saturated carbocycles. The van der Waals surface area contributed by atoms with Gasteiger partial charge in [-0.2, -0.15) is 0 Å². The van der Waals surface area contributed by atoms with Gasteiger partial charge in [0.05, 0.1) is 0 Å². The highest BCUT2D eigenvalue weighted by atomic mass is 15.3. The fourth-order valence-corrected chi connectivity index (χ4v) is 2.38. The van der Waals surface area contributed by atoms with E-state index in [1.807, 2.05) is 0 Å². The minimum Gasteiger partial charge on any atom is -0.301 e. The number of piperazine rings is 1. The van der Waals surface area contributed by atoms with Crippen molar-refractivity contribution in [2.45, 2.75) is 31.3 Å². The van der Waals surface area contributed by atoms with Crippen LogP contribution in [-0.2, 0) is 0 Å². The Labute approximate surface area is 69.2 Å². The van der Waals surface area contributed by atoms with Crippen LogP contribution in [0.5, 0.6) is 0 Å². The number of hydrogen-bond donors (Lipinski definition) is 0. The van der Waals surface area contributed by atoms with Gasteiger partial charge in [0, 0.05) is 24.7 Å². The van der Waals surface area contributed by atoms with Gasteiger partial charge in [-0.3, -0.25) is 4.90 Å². The molecular weight excluding hydrogens is 136 g/mol. The fourth-order valence-electron chi connectivity index (χ4n) is 2.38. The largest absolute Gasteiger partial charge is 0.301 e. The van der Waals surface area contributed by atoms with Crippen LogP contribution in [-0.4, -0.2) is 48.6 Å². The van der Waals surface area contributed by atoms with Crippen molar-refractivity contribution in [3.63, 3.8) is 0 Å². The normalized spacial score (nSPS) is 37.9. The maximum Gasteiger partial charge on any atom is 0.0360 e. The van der Waals surface area contributed by atoms with Crippen molar-refractivity contribution in [1.82, 2.24) is 9.80 Å². The maximum absolute atomic E-state index is 2.55. The van der Waals surface area contributed by atoms with Gasteiger partial charge >= 0.3 is 0 Å². The molecule has 2 aliphatic rings. The van der Waals surface area contributed by atoms with E-state index in [9.17, 15) is 0 Å². The molecule has 64 valence electrons. The summed E-state index contributed by atoms with van der Waals surface area (Å²) >= 11 is 0. The molecule has 1 aliphatic carbocycles. The third-order valence-electron chi connectivity index (χ3n) is 3.75. The Morgan fingerprint density at radius 3 is 2.27 bits per heavy atom. The van der Waals surface area contributed by atoms with Crippen molar-refractivity contribution in [3.05, 3.63) is 0 Å². The minimum absolute atomic E-state index is 0.576. The van der Waals surface area contributed by atoms with E-state index in [1.54, 1.807) is 0 Å². The molecule has 0 amide bonds. The second-order valence-electron chi connectivity index (χ2n) is 4.18. The monoisotopic (exact) mass is 154 g/mol. The van der Waals surface area contributed by atoms with Gasteiger partial charge in [-0.15, -0.1) is 0 Å². The van der Waals surface area contributed by atoms with E-state index in [1.165, 1.54) is 25.9 Å². The number of hydrogen-bond acceptors (Lipinski definition) is 2. The highest BCUT2D eigenvalue weighted by Crippen LogP contribution is 2.46. The Hall–Kier alpha value is -0.0800. The average molecular weight is 154 g/mol. The first kappa shape index (κ1) is 7.56. The summed E-state index contributed by atoms with van der Waals surface area (Å²) in [5.74, 6) is 0. The van der Waals surface area contributed by atoms with Crippen LogP contribution in [0.1, 0.15) is 19.8 Å². The summed E-state index contributed by atoms with van der Waals surface area (Å²) in [4.78, 5) is 5.05. The zero-order chi connectivity index (χ0) is 8.06. The van der Waals surface area contributed by atoms with E-state index in [2.05, 4.69) is 30.8 Å². The van der Waals surface area contributed by atoms with Gasteiger partial charge in [0.15, 0.2) is 0 Å². The van der Waals surface area contributed by atoms with E-state index < -0.39 is 0 Å². The molecule has 0 bridgehead atoms. The predicted octanol–water partition coefficient (Wildman–Crippen LogP) is 0.785. The molecule has 1 saturated heterocycles. The Morgan fingerprint density at radius 2 is 1.82 bits per heavy atom. The van der Waals surface area contributed by atoms with Crippen LogP contribution in [0.3, 0.4) is 0 Å². The lowest BCUT2D eigenvalue weighted by molar-refractivity contribution is 0.0459. The lowest BCUT2D eigenvalue weighted by Crippen LogP contribution is -2.57. The smallest absolute Gasteiger partial charge is 0.0360 e. The summed E-state index contributed by atoms with van der Waals surface area (Å²) in [5.41, 5.74) is 0.576. The van der Waals surface area contributed by atoms with Gasteiger partial charge in [-0.25, -0.2) is 0 Å². The first-order valence-electron chi connectivity index (χ1n) is 4.58. The minimum atomic E-state index is 0.576. The van der Waals surface area contributed by atoms with E-state index >= 15 is 0 Å². The molecule has 1 spiro atoms. The fraction of sp³-hybridized carbons (Fsp3) is 1.00. The Bertz CT molecular complexity index is 163. The van der Waals surface area contributed by atoms with E-state index in [4.69, 9.17) is 0 Å². The number of likely N-dealkylation sites (N-methyl/N-ethyl adjacent to an activating group) is 2. The van der Waals surface area contributed by atoms with Crippen molar-refractivity contribution >= 4 is 0 Å². The predicted molar refractivity (Wildman–Crippen MR) is 46.7 cm³/mol. The molecule has 2 rings (SSSR count). The first-order chi connectivity index (χ1) is 5.17. The van der Waals surface area contributed by atoms with Crippen LogP contribution < -0.4 is 0 Å². The Morgan fingerprint density at radius 1 is 1.18 bits per heavy atom. The zero-order valence-electron chi connectivity index (χ0n) is 7.80. The molecule has 1 heterocycles. The van der Waals surface area contributed by atoms with Gasteiger partial charge in [-0.05, 0) is 33.9 Å². The number of nitrogens with zero attached hydrogens (tertiary/aromatic N) is 2. The molecule has 2 heteroatoms. The molecule has 0 aromatic heterocycles. The highest BCUT2D eigenvalue weighted by Gasteiger charge is 2.53. The third-order valence-corrected chi connectivity index (χ3v) is 3.75. The molecule has 0 N–H and O–H groups in total. The van der Waals surface area contributed by atoms with Crippen LogP contribution in [0.4, 0.5) is 0 Å². The van der Waals surface area contributed by atoms with Crippen molar-refractivity contribution in [2.24, 2.45) is 0 Å². The quantitative estimate of drug-likeness (QED) is 0.509. The van der Waals surface area contributed by atoms with Gasteiger partial charge in [0.1, 0.15) is 0 Å². The van der Waals surface area contributed by atoms with E-state index in [0.717, 1.165) is 6.04 Å². The molecule has 0 aromatic rings. The molecule has 1 aliphatic heterocycles. The van der Waals surface area contributed by atoms with Gasteiger partial charge in [0.2, 0.25) is 0 Å². The number of rotatable bonds is 0. The molecule has 11 heavy (non-hydrogen) atoms. The maximum atomic E-state index is 2.55. The molecule has 2 nitrogen and oxygen atoms in total. The van der Waals surface area contributed by atoms with Gasteiger partial charge in [-0.1, -0.05) is 0 Å². The zero-order valence-corrected chi connectivity index (χ0v) is 7.80. The Kier molecular flexibility index (Phi) is 1.52. The first-order valence-corrected chi connectivity index (χ1v) is 4.58. The van der Waals surface area contributed by atoms with Gasteiger partial charge in [0.25, 0.3) is 0 Å². The van der Waals surface area contributed by atoms with Crippen molar-refractivity contribution < 1.29 is 0 Å². The van der Waals surface area contributed by atoms with E-state index in [0.29, 0.717) is 5.54 Å². The van der Waals surface area contributed by atoms with E-state index in [-0.39, 0.29) is 0 Å². The SMILES string of the molecule is CC1N(C)CCN(C)C12CC2. The molecule has 0 radical (unpaired) electrons. The van der Waals surface area contributed by atoms with Crippen LogP contribution in [0.15, 0.2) is 0 Å². The summed E-state index contributed by atoms with van der Waals surface area (Å²) in [5, 5.41) is 0. The molecule has 1 atom stereocenters. The topological polar surface area (TPSA) is 6.48 Å². The Balaban J connectivity index is 2.14. The van der Waals surface area contributed by atoms with Gasteiger partial charge < -0.3 is 4.90 Å². The third kappa shape index (κ3) is 0.926. The lowest BCUT2D eigenvalue weighted by atomic mass is 10.0. The molecular formula is C9H18N2. The highest BCUT2D eigenvalue weighted by molar-refractivity contribution is 5.11. The summed E-state index contributed by atoms with van der Waals surface area (Å²) in [7, 11) is 4.52. The summed E-state index contributed by atoms with van der Waals surface area (Å²) in [6.07, 6.45) is 2.82. The summed E-state index contributed by atoms with van der Waals surface area (Å²) in [6.45, 7) is 4.85. The second kappa shape index (κ2) is 2.20. The molecule has 0 aromatic carbocycles. The van der Waals surface area contributed by atoms with Crippen molar-refractivity contribution in [3.8, 4) is 0 Å². The standard InChI is InChI=1S/C9H18N2/c1-8-9(4-5-9)11(3)7-6-10(8)2/h8H,4-7H2,1-3H3. The lowest BCUT2D eigenvalue weighted by Gasteiger charge is -2.44. The van der Waals surface area contributed by atoms with Crippen molar-refractivity contribution in [2.75, 3.05) is 27.2 Å².